The van der Waals surface area contributed by atoms with Crippen molar-refractivity contribution in [2.75, 3.05) is 0 Å². The average molecular weight is 196 g/mol. The number of hydrogen-bond acceptors (Lipinski definition) is 2. The first-order valence-corrected chi connectivity index (χ1v) is 5.76. The summed E-state index contributed by atoms with van der Waals surface area (Å²) in [7, 11) is -3.08. The van der Waals surface area contributed by atoms with Gasteiger partial charge >= 0.3 is 0 Å². The molecule has 0 aliphatic carbocycles. The quantitative estimate of drug-likeness (QED) is 0.634. The summed E-state index contributed by atoms with van der Waals surface area (Å²) in [5.41, 5.74) is 0.951. The molecule has 0 aromatic heterocycles. The molecule has 0 radical (unpaired) electrons. The number of fused-ring (bicyclic) bond motifs is 1. The van der Waals surface area contributed by atoms with Gasteiger partial charge in [0.25, 0.3) is 0 Å². The van der Waals surface area contributed by atoms with Crippen molar-refractivity contribution in [3.63, 3.8) is 0 Å². The molecule has 0 saturated carbocycles. The molecule has 0 unspecified atom stereocenters. The number of rotatable bonds is 0. The van der Waals surface area contributed by atoms with Crippen LogP contribution in [-0.4, -0.2) is 13.2 Å². The molecule has 0 atom stereocenters. The number of sulfone groups is 1. The molecular formula is C10H12O2S. The molecule has 1 aliphatic heterocycles. The Hall–Kier alpha value is -0.830. The van der Waals surface area contributed by atoms with Crippen LogP contribution in [0.1, 0.15) is 19.4 Å². The van der Waals surface area contributed by atoms with E-state index in [1.54, 1.807) is 26.0 Å². The molecule has 1 heterocycles. The molecule has 0 N–H and O–H groups in total. The third-order valence-corrected chi connectivity index (χ3v) is 5.18. The van der Waals surface area contributed by atoms with Gasteiger partial charge in [0.2, 0.25) is 0 Å². The van der Waals surface area contributed by atoms with Gasteiger partial charge in [-0.1, -0.05) is 18.2 Å². The highest BCUT2D eigenvalue weighted by Crippen LogP contribution is 2.38. The van der Waals surface area contributed by atoms with Gasteiger partial charge in [-0.3, -0.25) is 0 Å². The summed E-state index contributed by atoms with van der Waals surface area (Å²) in [6.45, 7) is 3.56. The lowest BCUT2D eigenvalue weighted by Crippen LogP contribution is -2.27. The van der Waals surface area contributed by atoms with Gasteiger partial charge in [-0.25, -0.2) is 8.42 Å². The van der Waals surface area contributed by atoms with Gasteiger partial charge in [-0.15, -0.1) is 0 Å². The smallest absolute Gasteiger partial charge is 0.184 e. The number of benzene rings is 1. The van der Waals surface area contributed by atoms with Gasteiger partial charge in [0.15, 0.2) is 9.84 Å². The molecule has 2 nitrogen and oxygen atoms in total. The van der Waals surface area contributed by atoms with Crippen LogP contribution in [-0.2, 0) is 16.3 Å². The normalized spacial score (nSPS) is 22.6. The second-order valence-corrected chi connectivity index (χ2v) is 6.60. The van der Waals surface area contributed by atoms with Crippen LogP contribution in [0.2, 0.25) is 0 Å². The fourth-order valence-corrected chi connectivity index (χ4v) is 3.45. The second-order valence-electron chi connectivity index (χ2n) is 4.05. The van der Waals surface area contributed by atoms with E-state index in [-0.39, 0.29) is 0 Å². The molecule has 2 rings (SSSR count). The van der Waals surface area contributed by atoms with E-state index in [4.69, 9.17) is 0 Å². The van der Waals surface area contributed by atoms with Crippen molar-refractivity contribution in [2.24, 2.45) is 0 Å². The number of hydrogen-bond donors (Lipinski definition) is 0. The zero-order chi connectivity index (χ0) is 9.69. The Bertz CT molecular complexity index is 444. The lowest BCUT2D eigenvalue weighted by Gasteiger charge is -2.15. The average Bonchev–Trinajstić information content (AvgIpc) is 2.20. The Balaban J connectivity index is 2.75. The van der Waals surface area contributed by atoms with Crippen LogP contribution < -0.4 is 0 Å². The molecule has 0 fully saturated rings. The van der Waals surface area contributed by atoms with Crippen LogP contribution >= 0.6 is 0 Å². The van der Waals surface area contributed by atoms with Crippen molar-refractivity contribution in [3.8, 4) is 0 Å². The van der Waals surface area contributed by atoms with Gasteiger partial charge in [0.05, 0.1) is 9.64 Å². The van der Waals surface area contributed by atoms with Crippen LogP contribution in [0.25, 0.3) is 0 Å². The standard InChI is InChI=1S/C10H12O2S/c1-10(2)7-8-5-3-4-6-9(8)13(10,11)12/h3-6H,7H2,1-2H3. The van der Waals surface area contributed by atoms with Crippen molar-refractivity contribution in [2.45, 2.75) is 29.9 Å². The van der Waals surface area contributed by atoms with E-state index in [9.17, 15) is 8.42 Å². The van der Waals surface area contributed by atoms with E-state index in [0.717, 1.165) is 5.56 Å². The summed E-state index contributed by atoms with van der Waals surface area (Å²) in [4.78, 5) is 0.514. The first-order valence-electron chi connectivity index (χ1n) is 4.28. The highest BCUT2D eigenvalue weighted by Gasteiger charge is 2.43. The van der Waals surface area contributed by atoms with Gasteiger partial charge in [0.1, 0.15) is 0 Å². The van der Waals surface area contributed by atoms with Gasteiger partial charge in [0, 0.05) is 0 Å². The van der Waals surface area contributed by atoms with Crippen LogP contribution in [0.4, 0.5) is 0 Å². The largest absolute Gasteiger partial charge is 0.223 e. The van der Waals surface area contributed by atoms with E-state index < -0.39 is 14.6 Å². The summed E-state index contributed by atoms with van der Waals surface area (Å²) in [5.74, 6) is 0. The maximum absolute atomic E-state index is 11.9. The zero-order valence-electron chi connectivity index (χ0n) is 7.74. The lowest BCUT2D eigenvalue weighted by atomic mass is 10.0. The van der Waals surface area contributed by atoms with E-state index in [1.807, 2.05) is 12.1 Å². The predicted octanol–water partition coefficient (Wildman–Crippen LogP) is 1.80. The molecule has 1 aromatic rings. The van der Waals surface area contributed by atoms with Gasteiger partial charge in [-0.05, 0) is 31.9 Å². The van der Waals surface area contributed by atoms with Crippen LogP contribution in [0.15, 0.2) is 29.2 Å². The summed E-state index contributed by atoms with van der Waals surface area (Å²) >= 11 is 0. The van der Waals surface area contributed by atoms with Crippen LogP contribution in [0.5, 0.6) is 0 Å². The molecule has 3 heteroatoms. The summed E-state index contributed by atoms with van der Waals surface area (Å²) < 4.78 is 23.2. The molecule has 0 spiro atoms. The summed E-state index contributed by atoms with van der Waals surface area (Å²) in [6.07, 6.45) is 0.630. The highest BCUT2D eigenvalue weighted by atomic mass is 32.2. The van der Waals surface area contributed by atoms with E-state index in [0.29, 0.717) is 11.3 Å². The Morgan fingerprint density at radius 3 is 2.46 bits per heavy atom. The van der Waals surface area contributed by atoms with E-state index in [1.165, 1.54) is 0 Å². The Morgan fingerprint density at radius 2 is 1.85 bits per heavy atom. The molecule has 13 heavy (non-hydrogen) atoms. The summed E-state index contributed by atoms with van der Waals surface area (Å²) in [5, 5.41) is 0. The molecule has 0 bridgehead atoms. The Labute approximate surface area is 78.5 Å². The van der Waals surface area contributed by atoms with Crippen molar-refractivity contribution in [1.29, 1.82) is 0 Å². The first kappa shape index (κ1) is 8.75. The van der Waals surface area contributed by atoms with Gasteiger partial charge < -0.3 is 0 Å². The Morgan fingerprint density at radius 1 is 1.23 bits per heavy atom. The maximum Gasteiger partial charge on any atom is 0.184 e. The van der Waals surface area contributed by atoms with Crippen molar-refractivity contribution in [1.82, 2.24) is 0 Å². The second kappa shape index (κ2) is 2.35. The van der Waals surface area contributed by atoms with Crippen molar-refractivity contribution >= 4 is 9.84 Å². The minimum absolute atomic E-state index is 0.514. The molecule has 0 amide bonds. The van der Waals surface area contributed by atoms with Crippen molar-refractivity contribution in [3.05, 3.63) is 29.8 Å². The van der Waals surface area contributed by atoms with Crippen LogP contribution in [0, 0.1) is 0 Å². The monoisotopic (exact) mass is 196 g/mol. The third-order valence-electron chi connectivity index (χ3n) is 2.61. The molecule has 0 saturated heterocycles. The van der Waals surface area contributed by atoms with Gasteiger partial charge in [-0.2, -0.15) is 0 Å². The van der Waals surface area contributed by atoms with Crippen LogP contribution in [0.3, 0.4) is 0 Å². The molecule has 1 aliphatic rings. The fourth-order valence-electron chi connectivity index (χ4n) is 1.76. The van der Waals surface area contributed by atoms with Crippen molar-refractivity contribution < 1.29 is 8.42 Å². The summed E-state index contributed by atoms with van der Waals surface area (Å²) in [6, 6.07) is 7.24. The zero-order valence-corrected chi connectivity index (χ0v) is 8.56. The minimum atomic E-state index is -3.08. The molecule has 1 aromatic carbocycles. The molecular weight excluding hydrogens is 184 g/mol. The SMILES string of the molecule is CC1(C)Cc2ccccc2S1(=O)=O. The first-order chi connectivity index (χ1) is 5.95. The predicted molar refractivity (Wildman–Crippen MR) is 51.4 cm³/mol. The minimum Gasteiger partial charge on any atom is -0.223 e. The highest BCUT2D eigenvalue weighted by molar-refractivity contribution is 7.93. The van der Waals surface area contributed by atoms with E-state index >= 15 is 0 Å². The lowest BCUT2D eigenvalue weighted by molar-refractivity contribution is 0.559. The Kier molecular flexibility index (Phi) is 1.58. The third kappa shape index (κ3) is 1.03. The maximum atomic E-state index is 11.9. The molecule has 70 valence electrons. The van der Waals surface area contributed by atoms with E-state index in [2.05, 4.69) is 0 Å². The topological polar surface area (TPSA) is 34.1 Å². The fraction of sp³-hybridized carbons (Fsp3) is 0.400.